The summed E-state index contributed by atoms with van der Waals surface area (Å²) >= 11 is 0. The highest BCUT2D eigenvalue weighted by Gasteiger charge is 2.47. The molecule has 0 aliphatic carbocycles. The van der Waals surface area contributed by atoms with Crippen molar-refractivity contribution in [2.75, 3.05) is 0 Å². The van der Waals surface area contributed by atoms with Crippen molar-refractivity contribution in [3.05, 3.63) is 35.4 Å². The van der Waals surface area contributed by atoms with Crippen molar-refractivity contribution in [2.24, 2.45) is 5.73 Å². The number of rotatable bonds is 3. The highest BCUT2D eigenvalue weighted by molar-refractivity contribution is 6.14. The molecule has 5 nitrogen and oxygen atoms in total. The van der Waals surface area contributed by atoms with Crippen LogP contribution in [0.1, 0.15) is 43.1 Å². The summed E-state index contributed by atoms with van der Waals surface area (Å²) in [5, 5.41) is 0. The van der Waals surface area contributed by atoms with Crippen molar-refractivity contribution < 1.29 is 14.4 Å². The number of benzene rings is 1. The molecule has 1 atom stereocenters. The SMILES string of the molecule is CCC(C(N)=O)N1C(=O)c2ccccc2C(C)(C)C1=O. The molecule has 0 saturated carbocycles. The predicted molar refractivity (Wildman–Crippen MR) is 73.9 cm³/mol. The van der Waals surface area contributed by atoms with Gasteiger partial charge in [0, 0.05) is 5.56 Å². The van der Waals surface area contributed by atoms with Crippen molar-refractivity contribution in [1.82, 2.24) is 4.90 Å². The summed E-state index contributed by atoms with van der Waals surface area (Å²) in [6, 6.07) is 6.08. The maximum Gasteiger partial charge on any atom is 0.261 e. The van der Waals surface area contributed by atoms with Crippen LogP contribution in [0.2, 0.25) is 0 Å². The van der Waals surface area contributed by atoms with Crippen LogP contribution in [0.5, 0.6) is 0 Å². The van der Waals surface area contributed by atoms with Crippen LogP contribution in [0.4, 0.5) is 0 Å². The van der Waals surface area contributed by atoms with E-state index >= 15 is 0 Å². The zero-order valence-electron chi connectivity index (χ0n) is 11.8. The Kier molecular flexibility index (Phi) is 3.38. The lowest BCUT2D eigenvalue weighted by Crippen LogP contribution is -2.58. The Morgan fingerprint density at radius 3 is 2.45 bits per heavy atom. The molecule has 2 N–H and O–H groups in total. The van der Waals surface area contributed by atoms with E-state index < -0.39 is 23.3 Å². The van der Waals surface area contributed by atoms with Crippen LogP contribution in [-0.4, -0.2) is 28.7 Å². The van der Waals surface area contributed by atoms with Crippen LogP contribution in [0.25, 0.3) is 0 Å². The van der Waals surface area contributed by atoms with Crippen LogP contribution in [0.15, 0.2) is 24.3 Å². The molecule has 3 amide bonds. The van der Waals surface area contributed by atoms with Gasteiger partial charge < -0.3 is 5.73 Å². The maximum absolute atomic E-state index is 12.6. The molecule has 0 spiro atoms. The number of carbonyl (C=O) groups excluding carboxylic acids is 3. The minimum Gasteiger partial charge on any atom is -0.368 e. The Bertz CT molecular complexity index is 593. The molecule has 20 heavy (non-hydrogen) atoms. The van der Waals surface area contributed by atoms with Gasteiger partial charge >= 0.3 is 0 Å². The molecule has 1 unspecified atom stereocenters. The molecular weight excluding hydrogens is 256 g/mol. The van der Waals surface area contributed by atoms with Crippen LogP contribution in [0, 0.1) is 0 Å². The first-order chi connectivity index (χ1) is 9.32. The maximum atomic E-state index is 12.6. The minimum absolute atomic E-state index is 0.311. The lowest BCUT2D eigenvalue weighted by atomic mass is 9.76. The normalized spacial score (nSPS) is 18.6. The van der Waals surface area contributed by atoms with Crippen LogP contribution < -0.4 is 5.73 Å². The van der Waals surface area contributed by atoms with E-state index in [9.17, 15) is 14.4 Å². The van der Waals surface area contributed by atoms with Crippen molar-refractivity contribution in [3.8, 4) is 0 Å². The summed E-state index contributed by atoms with van der Waals surface area (Å²) < 4.78 is 0. The molecule has 0 fully saturated rings. The summed E-state index contributed by atoms with van der Waals surface area (Å²) in [6.07, 6.45) is 0.311. The zero-order chi connectivity index (χ0) is 15.1. The molecule has 1 heterocycles. The van der Waals surface area contributed by atoms with E-state index in [0.29, 0.717) is 17.5 Å². The Labute approximate surface area is 117 Å². The number of primary amides is 1. The number of amides is 3. The Morgan fingerprint density at radius 2 is 1.90 bits per heavy atom. The summed E-state index contributed by atoms with van der Waals surface area (Å²) in [4.78, 5) is 37.7. The van der Waals surface area contributed by atoms with Gasteiger partial charge in [0.25, 0.3) is 5.91 Å². The fourth-order valence-electron chi connectivity index (χ4n) is 2.65. The second-order valence-electron chi connectivity index (χ2n) is 5.48. The average molecular weight is 274 g/mol. The fourth-order valence-corrected chi connectivity index (χ4v) is 2.65. The lowest BCUT2D eigenvalue weighted by molar-refractivity contribution is -0.140. The first kappa shape index (κ1) is 14.2. The second kappa shape index (κ2) is 4.74. The predicted octanol–water partition coefficient (Wildman–Crippen LogP) is 1.21. The van der Waals surface area contributed by atoms with Crippen LogP contribution in [0.3, 0.4) is 0 Å². The van der Waals surface area contributed by atoms with Gasteiger partial charge in [-0.2, -0.15) is 0 Å². The number of fused-ring (bicyclic) bond motifs is 1. The topological polar surface area (TPSA) is 80.5 Å². The van der Waals surface area contributed by atoms with E-state index in [1.165, 1.54) is 0 Å². The van der Waals surface area contributed by atoms with E-state index in [4.69, 9.17) is 5.73 Å². The van der Waals surface area contributed by atoms with Crippen molar-refractivity contribution in [3.63, 3.8) is 0 Å². The highest BCUT2D eigenvalue weighted by Crippen LogP contribution is 2.35. The van der Waals surface area contributed by atoms with Crippen LogP contribution in [-0.2, 0) is 15.0 Å². The monoisotopic (exact) mass is 274 g/mol. The summed E-state index contributed by atoms with van der Waals surface area (Å²) in [6.45, 7) is 5.23. The smallest absolute Gasteiger partial charge is 0.261 e. The molecule has 0 bridgehead atoms. The Morgan fingerprint density at radius 1 is 1.30 bits per heavy atom. The third-order valence-corrected chi connectivity index (χ3v) is 3.83. The molecule has 0 radical (unpaired) electrons. The van der Waals surface area contributed by atoms with Gasteiger partial charge in [-0.3, -0.25) is 19.3 Å². The average Bonchev–Trinajstić information content (AvgIpc) is 2.41. The molecule has 1 aliphatic heterocycles. The molecule has 106 valence electrons. The standard InChI is InChI=1S/C15H18N2O3/c1-4-11(12(16)18)17-13(19)9-7-5-6-8-10(9)15(2,3)14(17)20/h5-8,11H,4H2,1-3H3,(H2,16,18). The number of hydrogen-bond donors (Lipinski definition) is 1. The second-order valence-corrected chi connectivity index (χ2v) is 5.48. The number of imide groups is 1. The molecule has 5 heteroatoms. The first-order valence-corrected chi connectivity index (χ1v) is 6.59. The van der Waals surface area contributed by atoms with E-state index in [1.54, 1.807) is 45.0 Å². The van der Waals surface area contributed by atoms with E-state index in [0.717, 1.165) is 4.90 Å². The van der Waals surface area contributed by atoms with Gasteiger partial charge in [0.1, 0.15) is 6.04 Å². The van der Waals surface area contributed by atoms with E-state index in [2.05, 4.69) is 0 Å². The van der Waals surface area contributed by atoms with Gasteiger partial charge in [0.05, 0.1) is 5.41 Å². The molecule has 2 rings (SSSR count). The molecule has 0 aromatic heterocycles. The first-order valence-electron chi connectivity index (χ1n) is 6.59. The Hall–Kier alpha value is -2.17. The highest BCUT2D eigenvalue weighted by atomic mass is 16.2. The summed E-state index contributed by atoms with van der Waals surface area (Å²) in [7, 11) is 0. The largest absolute Gasteiger partial charge is 0.368 e. The summed E-state index contributed by atoms with van der Waals surface area (Å²) in [5.74, 6) is -1.49. The quantitative estimate of drug-likeness (QED) is 0.841. The van der Waals surface area contributed by atoms with E-state index in [-0.39, 0.29) is 5.91 Å². The third-order valence-electron chi connectivity index (χ3n) is 3.83. The van der Waals surface area contributed by atoms with Gasteiger partial charge in [-0.15, -0.1) is 0 Å². The number of nitrogens with two attached hydrogens (primary N) is 1. The number of nitrogens with zero attached hydrogens (tertiary/aromatic N) is 1. The van der Waals surface area contributed by atoms with Crippen molar-refractivity contribution >= 4 is 17.7 Å². The molecule has 1 aromatic carbocycles. The molecule has 1 aromatic rings. The van der Waals surface area contributed by atoms with Crippen molar-refractivity contribution in [1.29, 1.82) is 0 Å². The van der Waals surface area contributed by atoms with Gasteiger partial charge in [0.15, 0.2) is 0 Å². The van der Waals surface area contributed by atoms with E-state index in [1.807, 2.05) is 0 Å². The number of carbonyl (C=O) groups is 3. The fraction of sp³-hybridized carbons (Fsp3) is 0.400. The van der Waals surface area contributed by atoms with Crippen LogP contribution >= 0.6 is 0 Å². The lowest BCUT2D eigenvalue weighted by Gasteiger charge is -2.39. The summed E-state index contributed by atoms with van der Waals surface area (Å²) in [5.41, 5.74) is 5.61. The van der Waals surface area contributed by atoms with Gasteiger partial charge in [-0.05, 0) is 31.9 Å². The number of hydrogen-bond acceptors (Lipinski definition) is 3. The molecular formula is C15H18N2O3. The molecule has 1 aliphatic rings. The van der Waals surface area contributed by atoms with Gasteiger partial charge in [-0.25, -0.2) is 0 Å². The third kappa shape index (κ3) is 1.90. The van der Waals surface area contributed by atoms with Gasteiger partial charge in [-0.1, -0.05) is 25.1 Å². The zero-order valence-corrected chi connectivity index (χ0v) is 11.8. The van der Waals surface area contributed by atoms with Gasteiger partial charge in [0.2, 0.25) is 11.8 Å². The Balaban J connectivity index is 2.62. The minimum atomic E-state index is -0.900. The van der Waals surface area contributed by atoms with Crippen molar-refractivity contribution in [2.45, 2.75) is 38.6 Å². The molecule has 0 saturated heterocycles.